The molecule has 4 rings (SSSR count). The van der Waals surface area contributed by atoms with Gasteiger partial charge in [0.25, 0.3) is 5.91 Å². The van der Waals surface area contributed by atoms with Gasteiger partial charge in [0.15, 0.2) is 5.82 Å². The number of rotatable bonds is 7. The molecule has 0 bridgehead atoms. The van der Waals surface area contributed by atoms with Gasteiger partial charge in [0.1, 0.15) is 11.5 Å². The van der Waals surface area contributed by atoms with Crippen molar-refractivity contribution in [1.29, 1.82) is 0 Å². The number of anilines is 1. The molecule has 0 aliphatic carbocycles. The van der Waals surface area contributed by atoms with Gasteiger partial charge < -0.3 is 15.3 Å². The van der Waals surface area contributed by atoms with Crippen molar-refractivity contribution in [2.75, 3.05) is 17.8 Å². The Bertz CT molecular complexity index is 1030. The van der Waals surface area contributed by atoms with Gasteiger partial charge in [0.2, 0.25) is 0 Å². The Kier molecular flexibility index (Phi) is 5.96. The van der Waals surface area contributed by atoms with Crippen LogP contribution in [0.2, 0.25) is 0 Å². The van der Waals surface area contributed by atoms with Crippen molar-refractivity contribution in [2.24, 2.45) is 7.05 Å². The first-order valence-electron chi connectivity index (χ1n) is 9.56. The van der Waals surface area contributed by atoms with Crippen LogP contribution in [0.1, 0.15) is 28.0 Å². The highest BCUT2D eigenvalue weighted by Crippen LogP contribution is 2.28. The van der Waals surface area contributed by atoms with Crippen molar-refractivity contribution in [3.05, 3.63) is 53.7 Å². The van der Waals surface area contributed by atoms with Crippen molar-refractivity contribution in [3.8, 4) is 11.4 Å². The lowest BCUT2D eigenvalue weighted by atomic mass is 10.2. The van der Waals surface area contributed by atoms with Crippen LogP contribution in [0.25, 0.3) is 11.4 Å². The topological polar surface area (TPSA) is 109 Å². The number of carbonyl (C=O) groups excluding carboxylic acids is 1. The third-order valence-electron chi connectivity index (χ3n) is 4.93. The van der Waals surface area contributed by atoms with E-state index in [-0.39, 0.29) is 23.6 Å². The van der Waals surface area contributed by atoms with Gasteiger partial charge in [-0.1, -0.05) is 0 Å². The van der Waals surface area contributed by atoms with Crippen molar-refractivity contribution in [1.82, 2.24) is 30.0 Å². The van der Waals surface area contributed by atoms with Gasteiger partial charge in [-0.25, -0.2) is 9.97 Å². The number of nitrogens with zero attached hydrogens (tertiary/aromatic N) is 6. The number of nitrogens with one attached hydrogen (secondary N) is 1. The number of aryl methyl sites for hydroxylation is 1. The van der Waals surface area contributed by atoms with Crippen LogP contribution < -0.4 is 10.2 Å². The first-order valence-corrected chi connectivity index (χ1v) is 10.9. The molecule has 2 N–H and O–H groups in total. The molecular formula is C20H23N7O2S. The number of aromatic nitrogens is 5. The average Bonchev–Trinajstić information content (AvgIpc) is 3.39. The minimum Gasteiger partial charge on any atom is -0.396 e. The minimum absolute atomic E-state index is 0.00180. The number of carbonyl (C=O) groups is 1. The summed E-state index contributed by atoms with van der Waals surface area (Å²) in [5, 5.41) is 16.1. The number of amides is 1. The highest BCUT2D eigenvalue weighted by Gasteiger charge is 2.24. The fraction of sp³-hybridized carbons (Fsp3) is 0.350. The molecule has 1 atom stereocenters. The molecular weight excluding hydrogens is 402 g/mol. The third kappa shape index (κ3) is 4.29. The number of fused-ring (bicyclic) bond motifs is 1. The predicted molar refractivity (Wildman–Crippen MR) is 115 cm³/mol. The van der Waals surface area contributed by atoms with E-state index in [1.165, 1.54) is 17.3 Å². The third-order valence-corrected chi connectivity index (χ3v) is 5.85. The van der Waals surface area contributed by atoms with Gasteiger partial charge in [-0.2, -0.15) is 5.10 Å². The molecule has 10 heteroatoms. The molecule has 156 valence electrons. The van der Waals surface area contributed by atoms with E-state index in [9.17, 15) is 9.90 Å². The zero-order valence-corrected chi connectivity index (χ0v) is 17.6. The summed E-state index contributed by atoms with van der Waals surface area (Å²) < 4.78 is 1.67. The lowest BCUT2D eigenvalue weighted by Gasteiger charge is -2.19. The summed E-state index contributed by atoms with van der Waals surface area (Å²) in [7, 11) is 1.82. The standard InChI is InChI=1S/C20H23N7O2S/c1-26-10-15(9-22-26)19-23-16(20(29)25-18(30-2)4-6-28)7-17(24-19)27-11-13-3-5-21-8-14(13)12-27/h3,5,7-10,18,28H,4,6,11-12H2,1-2H3,(H,25,29). The summed E-state index contributed by atoms with van der Waals surface area (Å²) >= 11 is 1.48. The SMILES string of the molecule is CSC(CCO)NC(=O)c1cc(N2Cc3ccncc3C2)nc(-c2cnn(C)c2)n1. The number of pyridine rings is 1. The summed E-state index contributed by atoms with van der Waals surface area (Å²) in [5.74, 6) is 0.825. The van der Waals surface area contributed by atoms with Crippen molar-refractivity contribution < 1.29 is 9.90 Å². The molecule has 0 fully saturated rings. The van der Waals surface area contributed by atoms with Crippen molar-refractivity contribution in [2.45, 2.75) is 24.9 Å². The fourth-order valence-electron chi connectivity index (χ4n) is 3.35. The Morgan fingerprint density at radius 3 is 2.83 bits per heavy atom. The van der Waals surface area contributed by atoms with Crippen molar-refractivity contribution >= 4 is 23.5 Å². The van der Waals surface area contributed by atoms with Crippen LogP contribution in [-0.2, 0) is 20.1 Å². The maximum atomic E-state index is 12.9. The molecule has 0 radical (unpaired) electrons. The largest absolute Gasteiger partial charge is 0.396 e. The number of aliphatic hydroxyl groups is 1. The van der Waals surface area contributed by atoms with E-state index < -0.39 is 0 Å². The highest BCUT2D eigenvalue weighted by atomic mass is 32.2. The summed E-state index contributed by atoms with van der Waals surface area (Å²) in [6.07, 6.45) is 9.51. The minimum atomic E-state index is -0.296. The van der Waals surface area contributed by atoms with Crippen molar-refractivity contribution in [3.63, 3.8) is 0 Å². The van der Waals surface area contributed by atoms with E-state index in [1.807, 2.05) is 31.8 Å². The summed E-state index contributed by atoms with van der Waals surface area (Å²) in [6, 6.07) is 3.72. The van der Waals surface area contributed by atoms with E-state index in [2.05, 4.69) is 25.3 Å². The fourth-order valence-corrected chi connectivity index (χ4v) is 3.91. The van der Waals surface area contributed by atoms with Gasteiger partial charge >= 0.3 is 0 Å². The lowest BCUT2D eigenvalue weighted by molar-refractivity contribution is 0.0941. The first kappa shape index (κ1) is 20.3. The summed E-state index contributed by atoms with van der Waals surface area (Å²) in [5.41, 5.74) is 3.37. The zero-order valence-electron chi connectivity index (χ0n) is 16.8. The number of thioether (sulfide) groups is 1. The van der Waals surface area contributed by atoms with Gasteiger partial charge in [-0.3, -0.25) is 14.5 Å². The second kappa shape index (κ2) is 8.80. The normalized spacial score (nSPS) is 13.9. The van der Waals surface area contributed by atoms with Crippen LogP contribution in [-0.4, -0.2) is 54.0 Å². The Morgan fingerprint density at radius 1 is 1.30 bits per heavy atom. The summed E-state index contributed by atoms with van der Waals surface area (Å²) in [4.78, 5) is 28.4. The highest BCUT2D eigenvalue weighted by molar-refractivity contribution is 7.99. The smallest absolute Gasteiger partial charge is 0.270 e. The van der Waals surface area contributed by atoms with Crippen LogP contribution in [0, 0.1) is 0 Å². The quantitative estimate of drug-likeness (QED) is 0.550. The van der Waals surface area contributed by atoms with Crippen LogP contribution >= 0.6 is 11.8 Å². The van der Waals surface area contributed by atoms with Gasteiger partial charge in [0, 0.05) is 57.8 Å². The van der Waals surface area contributed by atoms with E-state index >= 15 is 0 Å². The molecule has 1 unspecified atom stereocenters. The molecule has 1 amide bonds. The molecule has 1 aliphatic heterocycles. The maximum Gasteiger partial charge on any atom is 0.270 e. The number of hydrogen-bond acceptors (Lipinski definition) is 8. The number of hydrogen-bond donors (Lipinski definition) is 2. The predicted octanol–water partition coefficient (Wildman–Crippen LogP) is 1.59. The van der Waals surface area contributed by atoms with E-state index in [1.54, 1.807) is 23.1 Å². The van der Waals surface area contributed by atoms with Gasteiger partial charge in [0.05, 0.1) is 17.1 Å². The lowest BCUT2D eigenvalue weighted by Crippen LogP contribution is -2.34. The second-order valence-electron chi connectivity index (χ2n) is 7.05. The molecule has 9 nitrogen and oxygen atoms in total. The average molecular weight is 426 g/mol. The van der Waals surface area contributed by atoms with E-state index in [0.29, 0.717) is 31.2 Å². The molecule has 4 heterocycles. The maximum absolute atomic E-state index is 12.9. The molecule has 0 aromatic carbocycles. The zero-order chi connectivity index (χ0) is 21.1. The summed E-state index contributed by atoms with van der Waals surface area (Å²) in [6.45, 7) is 1.37. The molecule has 1 aliphatic rings. The Morgan fingerprint density at radius 2 is 2.13 bits per heavy atom. The van der Waals surface area contributed by atoms with Crippen LogP contribution in [0.15, 0.2) is 36.9 Å². The second-order valence-corrected chi connectivity index (χ2v) is 8.09. The molecule has 3 aromatic heterocycles. The molecule has 0 saturated heterocycles. The molecule has 0 saturated carbocycles. The van der Waals surface area contributed by atoms with Crippen LogP contribution in [0.5, 0.6) is 0 Å². The molecule has 0 spiro atoms. The van der Waals surface area contributed by atoms with Gasteiger partial charge in [-0.05, 0) is 23.4 Å². The Labute approximate surface area is 178 Å². The number of aliphatic hydroxyl groups excluding tert-OH is 1. The Balaban J connectivity index is 1.68. The van der Waals surface area contributed by atoms with Crippen LogP contribution in [0.3, 0.4) is 0 Å². The van der Waals surface area contributed by atoms with E-state index in [0.717, 1.165) is 11.1 Å². The Hall–Kier alpha value is -2.98. The monoisotopic (exact) mass is 425 g/mol. The molecule has 3 aromatic rings. The van der Waals surface area contributed by atoms with E-state index in [4.69, 9.17) is 4.98 Å². The van der Waals surface area contributed by atoms with Crippen LogP contribution in [0.4, 0.5) is 5.82 Å². The van der Waals surface area contributed by atoms with Gasteiger partial charge in [-0.15, -0.1) is 11.8 Å². The molecule has 30 heavy (non-hydrogen) atoms. The first-order chi connectivity index (χ1) is 14.6.